The number of rotatable bonds is 2. The summed E-state index contributed by atoms with van der Waals surface area (Å²) in [7, 11) is 0. The normalized spacial score (nSPS) is 10.3. The maximum atomic E-state index is 5.71. The molecule has 15 heavy (non-hydrogen) atoms. The summed E-state index contributed by atoms with van der Waals surface area (Å²) >= 11 is 10.8. The minimum Gasteiger partial charge on any atom is -0.243 e. The number of hydrogen-bond acceptors (Lipinski definition) is 2. The third-order valence-electron chi connectivity index (χ3n) is 1.75. The van der Waals surface area contributed by atoms with Crippen LogP contribution in [0.3, 0.4) is 0 Å². The van der Waals surface area contributed by atoms with Crippen molar-refractivity contribution in [1.29, 1.82) is 0 Å². The van der Waals surface area contributed by atoms with Crippen LogP contribution in [0.25, 0.3) is 0 Å². The smallest absolute Gasteiger partial charge is 0.129 e. The summed E-state index contributed by atoms with van der Waals surface area (Å²) < 4.78 is 1.08. The highest BCUT2D eigenvalue weighted by molar-refractivity contribution is 9.10. The van der Waals surface area contributed by atoms with Crippen LogP contribution in [-0.2, 0) is 0 Å². The Morgan fingerprint density at radius 2 is 1.67 bits per heavy atom. The average Bonchev–Trinajstić information content (AvgIpc) is 2.25. The second-order valence-corrected chi connectivity index (χ2v) is 5.32. The summed E-state index contributed by atoms with van der Waals surface area (Å²) in [5, 5.41) is 0.523. The van der Waals surface area contributed by atoms with Crippen LogP contribution < -0.4 is 0 Å². The van der Waals surface area contributed by atoms with E-state index in [0.717, 1.165) is 9.37 Å². The Morgan fingerprint density at radius 1 is 1.00 bits per heavy atom. The van der Waals surface area contributed by atoms with E-state index in [1.807, 2.05) is 18.2 Å². The molecule has 0 radical (unpaired) electrons. The molecule has 0 amide bonds. The van der Waals surface area contributed by atoms with Crippen molar-refractivity contribution in [3.63, 3.8) is 0 Å². The molecule has 1 nitrogen and oxygen atoms in total. The van der Waals surface area contributed by atoms with Gasteiger partial charge in [0.05, 0.1) is 0 Å². The maximum absolute atomic E-state index is 5.71. The first-order valence-electron chi connectivity index (χ1n) is 4.29. The molecule has 0 saturated heterocycles. The topological polar surface area (TPSA) is 12.9 Å². The SMILES string of the molecule is Clc1ccc(Sc2ccc(Br)cc2)cn1. The zero-order valence-corrected chi connectivity index (χ0v) is 10.8. The molecule has 4 heteroatoms. The van der Waals surface area contributed by atoms with E-state index in [1.165, 1.54) is 4.90 Å². The van der Waals surface area contributed by atoms with Crippen molar-refractivity contribution >= 4 is 39.3 Å². The largest absolute Gasteiger partial charge is 0.243 e. The molecule has 0 atom stereocenters. The third kappa shape index (κ3) is 3.23. The Morgan fingerprint density at radius 3 is 2.27 bits per heavy atom. The van der Waals surface area contributed by atoms with Crippen molar-refractivity contribution in [2.75, 3.05) is 0 Å². The Kier molecular flexibility index (Phi) is 3.67. The molecular formula is C11H7BrClNS. The van der Waals surface area contributed by atoms with E-state index >= 15 is 0 Å². The number of hydrogen-bond donors (Lipinski definition) is 0. The van der Waals surface area contributed by atoms with Gasteiger partial charge in [0.1, 0.15) is 5.15 Å². The number of nitrogens with zero attached hydrogens (tertiary/aromatic N) is 1. The van der Waals surface area contributed by atoms with Crippen molar-refractivity contribution < 1.29 is 0 Å². The van der Waals surface area contributed by atoms with Crippen LogP contribution in [0.4, 0.5) is 0 Å². The molecule has 1 aromatic carbocycles. The molecular weight excluding hydrogens is 294 g/mol. The van der Waals surface area contributed by atoms with Crippen molar-refractivity contribution in [1.82, 2.24) is 4.98 Å². The first-order valence-corrected chi connectivity index (χ1v) is 6.28. The van der Waals surface area contributed by atoms with E-state index in [9.17, 15) is 0 Å². The van der Waals surface area contributed by atoms with Crippen LogP contribution in [0.15, 0.2) is 56.9 Å². The van der Waals surface area contributed by atoms with Gasteiger partial charge < -0.3 is 0 Å². The molecule has 76 valence electrons. The van der Waals surface area contributed by atoms with Gasteiger partial charge in [-0.2, -0.15) is 0 Å². The zero-order valence-electron chi connectivity index (χ0n) is 7.65. The lowest BCUT2D eigenvalue weighted by Gasteiger charge is -2.01. The predicted molar refractivity (Wildman–Crippen MR) is 67.5 cm³/mol. The minimum atomic E-state index is 0.523. The molecule has 0 spiro atoms. The Bertz CT molecular complexity index is 398. The summed E-state index contributed by atoms with van der Waals surface area (Å²) in [4.78, 5) is 6.30. The van der Waals surface area contributed by atoms with Crippen LogP contribution in [0.2, 0.25) is 5.15 Å². The standard InChI is InChI=1S/C11H7BrClNS/c12-8-1-3-9(4-2-8)15-10-5-6-11(13)14-7-10/h1-7H. The van der Waals surface area contributed by atoms with Gasteiger partial charge in [-0.3, -0.25) is 0 Å². The highest BCUT2D eigenvalue weighted by atomic mass is 79.9. The second kappa shape index (κ2) is 5.01. The Hall–Kier alpha value is -0.510. The Balaban J connectivity index is 2.15. The van der Waals surface area contributed by atoms with Crippen molar-refractivity contribution in [2.45, 2.75) is 9.79 Å². The van der Waals surface area contributed by atoms with Gasteiger partial charge >= 0.3 is 0 Å². The Labute approximate surface area is 106 Å². The summed E-state index contributed by atoms with van der Waals surface area (Å²) in [6, 6.07) is 11.9. The number of aromatic nitrogens is 1. The molecule has 0 aliphatic carbocycles. The first kappa shape index (κ1) is 11.0. The summed E-state index contributed by atoms with van der Waals surface area (Å²) in [6.45, 7) is 0. The van der Waals surface area contributed by atoms with E-state index < -0.39 is 0 Å². The van der Waals surface area contributed by atoms with Gasteiger partial charge in [0.15, 0.2) is 0 Å². The van der Waals surface area contributed by atoms with Crippen LogP contribution in [-0.4, -0.2) is 4.98 Å². The van der Waals surface area contributed by atoms with E-state index in [4.69, 9.17) is 11.6 Å². The first-order chi connectivity index (χ1) is 7.24. The van der Waals surface area contributed by atoms with Crippen molar-refractivity contribution in [3.05, 3.63) is 52.2 Å². The van der Waals surface area contributed by atoms with Gasteiger partial charge in [-0.25, -0.2) is 4.98 Å². The van der Waals surface area contributed by atoms with Gasteiger partial charge in [0, 0.05) is 20.5 Å². The number of halogens is 2. The number of benzene rings is 1. The van der Waals surface area contributed by atoms with Crippen LogP contribution >= 0.6 is 39.3 Å². The van der Waals surface area contributed by atoms with Gasteiger partial charge in [-0.15, -0.1) is 0 Å². The molecule has 2 rings (SSSR count). The molecule has 0 aliphatic heterocycles. The van der Waals surface area contributed by atoms with Crippen molar-refractivity contribution in [3.8, 4) is 0 Å². The van der Waals surface area contributed by atoms with Crippen LogP contribution in [0.5, 0.6) is 0 Å². The predicted octanol–water partition coefficient (Wildman–Crippen LogP) is 4.65. The summed E-state index contributed by atoms with van der Waals surface area (Å²) in [6.07, 6.45) is 1.77. The lowest BCUT2D eigenvalue weighted by Crippen LogP contribution is -1.76. The number of pyridine rings is 1. The molecule has 0 N–H and O–H groups in total. The molecule has 1 aromatic heterocycles. The highest BCUT2D eigenvalue weighted by Crippen LogP contribution is 2.28. The van der Waals surface area contributed by atoms with Gasteiger partial charge in [0.2, 0.25) is 0 Å². The molecule has 1 heterocycles. The fraction of sp³-hybridized carbons (Fsp3) is 0. The highest BCUT2D eigenvalue weighted by Gasteiger charge is 1.97. The average molecular weight is 301 g/mol. The monoisotopic (exact) mass is 299 g/mol. The van der Waals surface area contributed by atoms with E-state index in [-0.39, 0.29) is 0 Å². The van der Waals surface area contributed by atoms with Gasteiger partial charge in [-0.05, 0) is 36.4 Å². The quantitative estimate of drug-likeness (QED) is 0.749. The molecule has 0 bridgehead atoms. The van der Waals surface area contributed by atoms with Crippen molar-refractivity contribution in [2.24, 2.45) is 0 Å². The fourth-order valence-corrected chi connectivity index (χ4v) is 2.22. The summed E-state index contributed by atoms with van der Waals surface area (Å²) in [5.74, 6) is 0. The maximum Gasteiger partial charge on any atom is 0.129 e. The molecule has 0 unspecified atom stereocenters. The van der Waals surface area contributed by atoms with Gasteiger partial charge in [0.25, 0.3) is 0 Å². The van der Waals surface area contributed by atoms with Crippen LogP contribution in [0, 0.1) is 0 Å². The van der Waals surface area contributed by atoms with E-state index in [1.54, 1.807) is 24.0 Å². The van der Waals surface area contributed by atoms with Crippen LogP contribution in [0.1, 0.15) is 0 Å². The molecule has 0 aliphatic rings. The lowest BCUT2D eigenvalue weighted by molar-refractivity contribution is 1.23. The summed E-state index contributed by atoms with van der Waals surface area (Å²) in [5.41, 5.74) is 0. The fourth-order valence-electron chi connectivity index (χ4n) is 1.06. The molecule has 0 saturated carbocycles. The second-order valence-electron chi connectivity index (χ2n) is 2.87. The van der Waals surface area contributed by atoms with E-state index in [0.29, 0.717) is 5.15 Å². The lowest BCUT2D eigenvalue weighted by atomic mass is 10.4. The van der Waals surface area contributed by atoms with E-state index in [2.05, 4.69) is 33.0 Å². The van der Waals surface area contributed by atoms with Gasteiger partial charge in [-0.1, -0.05) is 39.3 Å². The zero-order chi connectivity index (χ0) is 10.7. The molecule has 0 fully saturated rings. The minimum absolute atomic E-state index is 0.523. The third-order valence-corrected chi connectivity index (χ3v) is 3.49. The molecule has 2 aromatic rings.